The summed E-state index contributed by atoms with van der Waals surface area (Å²) in [6.07, 6.45) is 2.89. The number of nitrogens with zero attached hydrogens (tertiary/aromatic N) is 2. The lowest BCUT2D eigenvalue weighted by Gasteiger charge is -2.38. The van der Waals surface area contributed by atoms with Gasteiger partial charge in [0, 0.05) is 26.7 Å². The van der Waals surface area contributed by atoms with Crippen LogP contribution in [0.25, 0.3) is 0 Å². The number of piperidine rings is 1. The molecule has 0 aromatic carbocycles. The van der Waals surface area contributed by atoms with Crippen molar-refractivity contribution in [2.45, 2.75) is 33.1 Å². The van der Waals surface area contributed by atoms with Crippen LogP contribution in [0.4, 0.5) is 0 Å². The number of hydrogen-bond acceptors (Lipinski definition) is 3. The van der Waals surface area contributed by atoms with E-state index in [1.807, 2.05) is 7.05 Å². The van der Waals surface area contributed by atoms with Crippen molar-refractivity contribution in [3.05, 3.63) is 0 Å². The van der Waals surface area contributed by atoms with Crippen LogP contribution in [0, 0.1) is 5.41 Å². The molecule has 0 radical (unpaired) electrons. The van der Waals surface area contributed by atoms with Crippen molar-refractivity contribution in [2.24, 2.45) is 5.41 Å². The molecule has 1 aliphatic rings. The SMILES string of the molecule is CNCCCN(C)S(=O)(=O)N1CCCC(C)(C)C1. The first-order chi connectivity index (χ1) is 8.29. The maximum Gasteiger partial charge on any atom is 0.281 e. The van der Waals surface area contributed by atoms with Gasteiger partial charge in [-0.3, -0.25) is 0 Å². The molecule has 6 heteroatoms. The molecule has 0 aliphatic carbocycles. The van der Waals surface area contributed by atoms with Gasteiger partial charge in [0.25, 0.3) is 10.2 Å². The van der Waals surface area contributed by atoms with E-state index in [4.69, 9.17) is 0 Å². The summed E-state index contributed by atoms with van der Waals surface area (Å²) in [4.78, 5) is 0. The molecule has 0 unspecified atom stereocenters. The molecule has 1 aliphatic heterocycles. The Bertz CT molecular complexity index is 354. The molecule has 1 saturated heterocycles. The zero-order chi connectivity index (χ0) is 13.8. The minimum Gasteiger partial charge on any atom is -0.320 e. The fourth-order valence-electron chi connectivity index (χ4n) is 2.36. The molecule has 0 aromatic heterocycles. The molecule has 108 valence electrons. The van der Waals surface area contributed by atoms with Crippen LogP contribution in [-0.2, 0) is 10.2 Å². The second-order valence-corrected chi connectivity index (χ2v) is 7.92. The second-order valence-electron chi connectivity index (χ2n) is 5.89. The summed E-state index contributed by atoms with van der Waals surface area (Å²) in [6, 6.07) is 0. The van der Waals surface area contributed by atoms with Crippen molar-refractivity contribution in [1.82, 2.24) is 13.9 Å². The van der Waals surface area contributed by atoms with Gasteiger partial charge >= 0.3 is 0 Å². The molecule has 5 nitrogen and oxygen atoms in total. The molecule has 0 aromatic rings. The molecule has 0 spiro atoms. The summed E-state index contributed by atoms with van der Waals surface area (Å²) < 4.78 is 27.9. The van der Waals surface area contributed by atoms with Crippen LogP contribution in [0.15, 0.2) is 0 Å². The Morgan fingerprint density at radius 2 is 2.06 bits per heavy atom. The lowest BCUT2D eigenvalue weighted by molar-refractivity contribution is 0.179. The molecule has 1 fully saturated rings. The monoisotopic (exact) mass is 277 g/mol. The molecule has 1 N–H and O–H groups in total. The van der Waals surface area contributed by atoms with E-state index in [2.05, 4.69) is 19.2 Å². The van der Waals surface area contributed by atoms with E-state index >= 15 is 0 Å². The van der Waals surface area contributed by atoms with Gasteiger partial charge in [-0.2, -0.15) is 17.0 Å². The van der Waals surface area contributed by atoms with E-state index in [0.717, 1.165) is 25.8 Å². The Labute approximate surface area is 112 Å². The summed E-state index contributed by atoms with van der Waals surface area (Å²) in [6.45, 7) is 6.96. The summed E-state index contributed by atoms with van der Waals surface area (Å²) in [7, 11) is 0.275. The summed E-state index contributed by atoms with van der Waals surface area (Å²) >= 11 is 0. The third-order valence-corrected chi connectivity index (χ3v) is 5.42. The van der Waals surface area contributed by atoms with Crippen molar-refractivity contribution in [3.8, 4) is 0 Å². The van der Waals surface area contributed by atoms with Crippen LogP contribution in [0.2, 0.25) is 0 Å². The fourth-order valence-corrected chi connectivity index (χ4v) is 3.98. The number of hydrogen-bond donors (Lipinski definition) is 1. The summed E-state index contributed by atoms with van der Waals surface area (Å²) in [5.74, 6) is 0. The normalized spacial score (nSPS) is 21.4. The minimum atomic E-state index is -3.27. The van der Waals surface area contributed by atoms with Crippen LogP contribution in [-0.4, -0.2) is 57.3 Å². The molecular weight excluding hydrogens is 250 g/mol. The molecule has 1 rings (SSSR count). The average molecular weight is 277 g/mol. The van der Waals surface area contributed by atoms with Crippen LogP contribution in [0.5, 0.6) is 0 Å². The van der Waals surface area contributed by atoms with E-state index in [-0.39, 0.29) is 5.41 Å². The Morgan fingerprint density at radius 3 is 2.61 bits per heavy atom. The van der Waals surface area contributed by atoms with Gasteiger partial charge in [-0.05, 0) is 38.3 Å². The lowest BCUT2D eigenvalue weighted by atomic mass is 9.85. The van der Waals surface area contributed by atoms with E-state index in [0.29, 0.717) is 19.6 Å². The van der Waals surface area contributed by atoms with Gasteiger partial charge in [-0.15, -0.1) is 0 Å². The molecule has 18 heavy (non-hydrogen) atoms. The van der Waals surface area contributed by atoms with Gasteiger partial charge in [0.2, 0.25) is 0 Å². The van der Waals surface area contributed by atoms with Gasteiger partial charge in [-0.1, -0.05) is 13.8 Å². The van der Waals surface area contributed by atoms with Crippen LogP contribution in [0.3, 0.4) is 0 Å². The second kappa shape index (κ2) is 6.32. The molecule has 0 amide bonds. The first kappa shape index (κ1) is 15.9. The maximum absolute atomic E-state index is 12.4. The average Bonchev–Trinajstić information content (AvgIpc) is 2.27. The van der Waals surface area contributed by atoms with E-state index in [1.165, 1.54) is 4.31 Å². The fraction of sp³-hybridized carbons (Fsp3) is 1.00. The van der Waals surface area contributed by atoms with Crippen molar-refractivity contribution in [1.29, 1.82) is 0 Å². The highest BCUT2D eigenvalue weighted by Gasteiger charge is 2.34. The minimum absolute atomic E-state index is 0.0944. The summed E-state index contributed by atoms with van der Waals surface area (Å²) in [5.41, 5.74) is 0.0944. The van der Waals surface area contributed by atoms with Crippen LogP contribution in [0.1, 0.15) is 33.1 Å². The maximum atomic E-state index is 12.4. The Kier molecular flexibility index (Phi) is 5.58. The van der Waals surface area contributed by atoms with Crippen molar-refractivity contribution in [3.63, 3.8) is 0 Å². The predicted octanol–water partition coefficient (Wildman–Crippen LogP) is 0.895. The molecule has 0 atom stereocenters. The van der Waals surface area contributed by atoms with Crippen molar-refractivity contribution in [2.75, 3.05) is 40.3 Å². The standard InChI is InChI=1S/C12H27N3O2S/c1-12(2)7-5-10-15(11-12)18(16,17)14(4)9-6-8-13-3/h13H,5-11H2,1-4H3. The van der Waals surface area contributed by atoms with Gasteiger partial charge in [0.05, 0.1) is 0 Å². The first-order valence-electron chi connectivity index (χ1n) is 6.66. The zero-order valence-electron chi connectivity index (χ0n) is 12.1. The number of nitrogens with one attached hydrogen (secondary N) is 1. The lowest BCUT2D eigenvalue weighted by Crippen LogP contribution is -2.49. The van der Waals surface area contributed by atoms with Gasteiger partial charge in [0.15, 0.2) is 0 Å². The van der Waals surface area contributed by atoms with E-state index in [1.54, 1.807) is 11.4 Å². The smallest absolute Gasteiger partial charge is 0.281 e. The van der Waals surface area contributed by atoms with Gasteiger partial charge in [-0.25, -0.2) is 0 Å². The first-order valence-corrected chi connectivity index (χ1v) is 8.05. The quantitative estimate of drug-likeness (QED) is 0.734. The Hall–Kier alpha value is -0.170. The zero-order valence-corrected chi connectivity index (χ0v) is 12.9. The third-order valence-electron chi connectivity index (χ3n) is 3.49. The molecular formula is C12H27N3O2S. The van der Waals surface area contributed by atoms with Crippen LogP contribution >= 0.6 is 0 Å². The molecule has 1 heterocycles. The predicted molar refractivity (Wildman–Crippen MR) is 74.7 cm³/mol. The van der Waals surface area contributed by atoms with E-state index in [9.17, 15) is 8.42 Å². The Balaban J connectivity index is 2.62. The summed E-state index contributed by atoms with van der Waals surface area (Å²) in [5, 5.41) is 3.03. The van der Waals surface area contributed by atoms with Crippen molar-refractivity contribution < 1.29 is 8.42 Å². The Morgan fingerprint density at radius 1 is 1.39 bits per heavy atom. The number of rotatable bonds is 6. The van der Waals surface area contributed by atoms with E-state index < -0.39 is 10.2 Å². The highest BCUT2D eigenvalue weighted by atomic mass is 32.2. The third kappa shape index (κ3) is 4.19. The highest BCUT2D eigenvalue weighted by Crippen LogP contribution is 2.30. The largest absolute Gasteiger partial charge is 0.320 e. The molecule has 0 bridgehead atoms. The topological polar surface area (TPSA) is 52.7 Å². The van der Waals surface area contributed by atoms with Crippen molar-refractivity contribution >= 4 is 10.2 Å². The molecule has 0 saturated carbocycles. The highest BCUT2D eigenvalue weighted by molar-refractivity contribution is 7.86. The van der Waals surface area contributed by atoms with Crippen LogP contribution < -0.4 is 5.32 Å². The van der Waals surface area contributed by atoms with Gasteiger partial charge in [0.1, 0.15) is 0 Å². The van der Waals surface area contributed by atoms with Gasteiger partial charge < -0.3 is 5.32 Å².